The number of ether oxygens (including phenoxy) is 1. The molecule has 122 valence electrons. The smallest absolute Gasteiger partial charge is 0.191 e. The van der Waals surface area contributed by atoms with Gasteiger partial charge in [-0.2, -0.15) is 11.8 Å². The van der Waals surface area contributed by atoms with Gasteiger partial charge in [0.1, 0.15) is 0 Å². The Morgan fingerprint density at radius 3 is 3.05 bits per heavy atom. The fourth-order valence-electron chi connectivity index (χ4n) is 2.46. The van der Waals surface area contributed by atoms with Gasteiger partial charge in [0.05, 0.1) is 19.8 Å². The van der Waals surface area contributed by atoms with Gasteiger partial charge in [-0.05, 0) is 38.4 Å². The molecule has 1 saturated heterocycles. The summed E-state index contributed by atoms with van der Waals surface area (Å²) in [5.74, 6) is 2.27. The number of nitrogens with zero attached hydrogens (tertiary/aromatic N) is 1. The van der Waals surface area contributed by atoms with E-state index in [9.17, 15) is 0 Å². The number of aliphatic imine (C=N–C) groups is 1. The highest BCUT2D eigenvalue weighted by molar-refractivity contribution is 14.0. The zero-order chi connectivity index (χ0) is 14.0. The molecule has 0 radical (unpaired) electrons. The molecule has 2 heterocycles. The van der Waals surface area contributed by atoms with Crippen molar-refractivity contribution in [1.82, 2.24) is 10.6 Å². The van der Waals surface area contributed by atoms with Crippen LogP contribution in [0, 0.1) is 0 Å². The molecular weight excluding hydrogens is 397 g/mol. The highest BCUT2D eigenvalue weighted by Gasteiger charge is 2.14. The van der Waals surface area contributed by atoms with Crippen LogP contribution in [0.15, 0.2) is 16.6 Å². The van der Waals surface area contributed by atoms with E-state index < -0.39 is 0 Å². The zero-order valence-corrected chi connectivity index (χ0v) is 16.0. The average molecular weight is 425 g/mol. The third-order valence-corrected chi connectivity index (χ3v) is 5.00. The third kappa shape index (κ3) is 7.74. The molecule has 1 unspecified atom stereocenters. The lowest BCUT2D eigenvalue weighted by atomic mass is 10.1. The topological polar surface area (TPSA) is 45.7 Å². The molecular formula is C15H28IN3OS. The van der Waals surface area contributed by atoms with Crippen molar-refractivity contribution in [1.29, 1.82) is 0 Å². The van der Waals surface area contributed by atoms with Crippen LogP contribution in [0.2, 0.25) is 0 Å². The molecule has 2 aliphatic heterocycles. The van der Waals surface area contributed by atoms with Crippen molar-refractivity contribution in [2.45, 2.75) is 37.9 Å². The Balaban J connectivity index is 0.00000220. The Morgan fingerprint density at radius 1 is 1.48 bits per heavy atom. The van der Waals surface area contributed by atoms with Gasteiger partial charge in [-0.1, -0.05) is 11.6 Å². The van der Waals surface area contributed by atoms with Crippen LogP contribution in [-0.2, 0) is 4.74 Å². The molecule has 1 fully saturated rings. The van der Waals surface area contributed by atoms with Crippen molar-refractivity contribution in [2.75, 3.05) is 38.6 Å². The molecule has 2 aliphatic rings. The average Bonchev–Trinajstić information content (AvgIpc) is 2.99. The normalized spacial score (nSPS) is 22.4. The predicted molar refractivity (Wildman–Crippen MR) is 103 cm³/mol. The molecule has 0 bridgehead atoms. The minimum atomic E-state index is 0. The van der Waals surface area contributed by atoms with Crippen LogP contribution < -0.4 is 10.6 Å². The summed E-state index contributed by atoms with van der Waals surface area (Å²) in [5, 5.41) is 7.50. The van der Waals surface area contributed by atoms with Crippen molar-refractivity contribution in [3.63, 3.8) is 0 Å². The summed E-state index contributed by atoms with van der Waals surface area (Å²) in [5.41, 5.74) is 1.51. The summed E-state index contributed by atoms with van der Waals surface area (Å²) in [7, 11) is 0. The maximum atomic E-state index is 5.33. The van der Waals surface area contributed by atoms with Gasteiger partial charge in [-0.25, -0.2) is 0 Å². The summed E-state index contributed by atoms with van der Waals surface area (Å²) >= 11 is 2.06. The van der Waals surface area contributed by atoms with Gasteiger partial charge in [0.2, 0.25) is 0 Å². The van der Waals surface area contributed by atoms with E-state index in [1.807, 2.05) is 0 Å². The van der Waals surface area contributed by atoms with E-state index in [2.05, 4.69) is 35.4 Å². The Morgan fingerprint density at radius 2 is 2.38 bits per heavy atom. The predicted octanol–water partition coefficient (Wildman–Crippen LogP) is 2.79. The third-order valence-electron chi connectivity index (χ3n) is 3.62. The second kappa shape index (κ2) is 11.6. The van der Waals surface area contributed by atoms with Crippen LogP contribution >= 0.6 is 35.7 Å². The van der Waals surface area contributed by atoms with Crippen LogP contribution in [0.1, 0.15) is 32.6 Å². The number of halogens is 1. The number of hydrogen-bond acceptors (Lipinski definition) is 3. The Hall–Kier alpha value is 0.0500. The van der Waals surface area contributed by atoms with Crippen LogP contribution in [-0.4, -0.2) is 49.8 Å². The van der Waals surface area contributed by atoms with E-state index in [-0.39, 0.29) is 24.0 Å². The largest absolute Gasteiger partial charge is 0.377 e. The second-order valence-electron chi connectivity index (χ2n) is 5.22. The van der Waals surface area contributed by atoms with Gasteiger partial charge in [-0.3, -0.25) is 4.99 Å². The number of thioether (sulfide) groups is 1. The Bertz CT molecular complexity index is 344. The zero-order valence-electron chi connectivity index (χ0n) is 12.9. The Kier molecular flexibility index (Phi) is 10.5. The lowest BCUT2D eigenvalue weighted by Gasteiger charge is -2.16. The van der Waals surface area contributed by atoms with E-state index in [0.717, 1.165) is 56.9 Å². The number of nitrogens with one attached hydrogen (secondary N) is 2. The summed E-state index contributed by atoms with van der Waals surface area (Å²) in [6, 6.07) is 0. The van der Waals surface area contributed by atoms with Crippen LogP contribution in [0.25, 0.3) is 0 Å². The molecule has 0 amide bonds. The van der Waals surface area contributed by atoms with E-state index in [4.69, 9.17) is 9.73 Å². The molecule has 0 aliphatic carbocycles. The summed E-state index contributed by atoms with van der Waals surface area (Å²) in [6.45, 7) is 6.58. The van der Waals surface area contributed by atoms with Crippen molar-refractivity contribution < 1.29 is 4.74 Å². The first kappa shape index (κ1) is 19.1. The van der Waals surface area contributed by atoms with E-state index in [1.165, 1.54) is 24.2 Å². The molecule has 1 atom stereocenters. The Labute approximate surface area is 150 Å². The molecule has 21 heavy (non-hydrogen) atoms. The van der Waals surface area contributed by atoms with Crippen LogP contribution in [0.5, 0.6) is 0 Å². The molecule has 2 N–H and O–H groups in total. The lowest BCUT2D eigenvalue weighted by Crippen LogP contribution is -2.38. The van der Waals surface area contributed by atoms with Crippen molar-refractivity contribution >= 4 is 41.7 Å². The summed E-state index contributed by atoms with van der Waals surface area (Å²) < 4.78 is 5.33. The van der Waals surface area contributed by atoms with Crippen LogP contribution in [0.4, 0.5) is 0 Å². The molecule has 4 nitrogen and oxygen atoms in total. The van der Waals surface area contributed by atoms with E-state index in [0.29, 0.717) is 0 Å². The number of guanidine groups is 1. The number of rotatable bonds is 6. The molecule has 2 rings (SSSR count). The number of hydrogen-bond donors (Lipinski definition) is 2. The first-order chi connectivity index (χ1) is 9.88. The van der Waals surface area contributed by atoms with Crippen molar-refractivity contribution in [3.05, 3.63) is 11.6 Å². The van der Waals surface area contributed by atoms with Gasteiger partial charge in [0.25, 0.3) is 0 Å². The van der Waals surface area contributed by atoms with Gasteiger partial charge in [-0.15, -0.1) is 24.0 Å². The lowest BCUT2D eigenvalue weighted by molar-refractivity contribution is 0.153. The minimum absolute atomic E-state index is 0. The first-order valence-electron chi connectivity index (χ1n) is 7.78. The van der Waals surface area contributed by atoms with E-state index >= 15 is 0 Å². The molecule has 0 aromatic heterocycles. The monoisotopic (exact) mass is 425 g/mol. The van der Waals surface area contributed by atoms with Gasteiger partial charge >= 0.3 is 0 Å². The molecule has 0 aromatic carbocycles. The SMILES string of the molecule is CCNC(=NCC1CCCS1)NCCC1=CCOCC1.I. The second-order valence-corrected chi connectivity index (χ2v) is 6.63. The van der Waals surface area contributed by atoms with Crippen molar-refractivity contribution in [2.24, 2.45) is 4.99 Å². The quantitative estimate of drug-likeness (QED) is 0.297. The maximum Gasteiger partial charge on any atom is 0.191 e. The van der Waals surface area contributed by atoms with Gasteiger partial charge in [0.15, 0.2) is 5.96 Å². The molecule has 0 saturated carbocycles. The molecule has 0 spiro atoms. The fraction of sp³-hybridized carbons (Fsp3) is 0.800. The van der Waals surface area contributed by atoms with Gasteiger partial charge in [0, 0.05) is 18.3 Å². The first-order valence-corrected chi connectivity index (χ1v) is 8.83. The van der Waals surface area contributed by atoms with Crippen molar-refractivity contribution in [3.8, 4) is 0 Å². The van der Waals surface area contributed by atoms with E-state index in [1.54, 1.807) is 0 Å². The van der Waals surface area contributed by atoms with Gasteiger partial charge < -0.3 is 15.4 Å². The summed E-state index contributed by atoms with van der Waals surface area (Å²) in [6.07, 6.45) is 7.05. The highest BCUT2D eigenvalue weighted by Crippen LogP contribution is 2.25. The molecule has 6 heteroatoms. The highest BCUT2D eigenvalue weighted by atomic mass is 127. The standard InChI is InChI=1S/C15H27N3OS.HI/c1-2-16-15(18-12-14-4-3-11-20-14)17-8-5-13-6-9-19-10-7-13;/h6,14H,2-5,7-12H2,1H3,(H2,16,17,18);1H. The fourth-order valence-corrected chi connectivity index (χ4v) is 3.64. The summed E-state index contributed by atoms with van der Waals surface area (Å²) in [4.78, 5) is 4.71. The minimum Gasteiger partial charge on any atom is -0.377 e. The van der Waals surface area contributed by atoms with Crippen LogP contribution in [0.3, 0.4) is 0 Å². The maximum absolute atomic E-state index is 5.33. The molecule has 0 aromatic rings.